The highest BCUT2D eigenvalue weighted by molar-refractivity contribution is 7.89. The van der Waals surface area contributed by atoms with Gasteiger partial charge in [-0.05, 0) is 23.3 Å². The van der Waals surface area contributed by atoms with Gasteiger partial charge in [-0.1, -0.05) is 24.3 Å². The minimum absolute atomic E-state index is 0.0279. The Bertz CT molecular complexity index is 747. The van der Waals surface area contributed by atoms with Crippen molar-refractivity contribution >= 4 is 10.0 Å². The molecule has 6 nitrogen and oxygen atoms in total. The topological polar surface area (TPSA) is 109 Å². The van der Waals surface area contributed by atoms with E-state index in [1.165, 1.54) is 18.3 Å². The number of nitrogens with two attached hydrogens (primary N) is 1. The van der Waals surface area contributed by atoms with Crippen molar-refractivity contribution in [2.45, 2.75) is 18.0 Å². The van der Waals surface area contributed by atoms with E-state index in [1.54, 1.807) is 0 Å². The third-order valence-electron chi connectivity index (χ3n) is 2.89. The lowest BCUT2D eigenvalue weighted by molar-refractivity contribution is 0.581. The van der Waals surface area contributed by atoms with Gasteiger partial charge >= 0.3 is 0 Å². The second-order valence-electron chi connectivity index (χ2n) is 4.34. The molecule has 0 aliphatic rings. The highest BCUT2D eigenvalue weighted by Crippen LogP contribution is 2.09. The molecule has 2 aromatic rings. The minimum atomic E-state index is -3.65. The Labute approximate surface area is 123 Å². The van der Waals surface area contributed by atoms with Gasteiger partial charge in [0.2, 0.25) is 10.0 Å². The Morgan fingerprint density at radius 3 is 2.33 bits per heavy atom. The summed E-state index contributed by atoms with van der Waals surface area (Å²) in [5, 5.41) is 8.64. The maximum Gasteiger partial charge on any atom is 0.242 e. The number of pyridine rings is 1. The lowest BCUT2D eigenvalue weighted by atomic mass is 10.1. The zero-order valence-corrected chi connectivity index (χ0v) is 12.0. The number of benzene rings is 1. The summed E-state index contributed by atoms with van der Waals surface area (Å²) in [6.07, 6.45) is 1.17. The number of rotatable bonds is 5. The van der Waals surface area contributed by atoms with Crippen molar-refractivity contribution in [3.8, 4) is 6.07 Å². The lowest BCUT2D eigenvalue weighted by Crippen LogP contribution is -2.23. The maximum atomic E-state index is 12.1. The van der Waals surface area contributed by atoms with Crippen LogP contribution in [0.3, 0.4) is 0 Å². The van der Waals surface area contributed by atoms with E-state index in [9.17, 15) is 8.42 Å². The number of hydrogen-bond donors (Lipinski definition) is 2. The predicted octanol–water partition coefficient (Wildman–Crippen LogP) is 0.890. The van der Waals surface area contributed by atoms with Crippen LogP contribution in [0, 0.1) is 11.3 Å². The molecule has 0 saturated carbocycles. The first-order chi connectivity index (χ1) is 10.0. The SMILES string of the molecule is N#Cc1ccc(S(=O)(=O)NCc2ccc(CN)cc2)cn1. The average Bonchev–Trinajstić information content (AvgIpc) is 2.53. The van der Waals surface area contributed by atoms with Crippen LogP contribution < -0.4 is 10.5 Å². The van der Waals surface area contributed by atoms with Crippen LogP contribution in [-0.4, -0.2) is 13.4 Å². The van der Waals surface area contributed by atoms with E-state index in [2.05, 4.69) is 9.71 Å². The van der Waals surface area contributed by atoms with Crippen LogP contribution in [0.5, 0.6) is 0 Å². The van der Waals surface area contributed by atoms with Gasteiger partial charge in [0.1, 0.15) is 16.7 Å². The Morgan fingerprint density at radius 2 is 1.81 bits per heavy atom. The van der Waals surface area contributed by atoms with Crippen molar-refractivity contribution in [2.75, 3.05) is 0 Å². The van der Waals surface area contributed by atoms with Crippen LogP contribution in [0.4, 0.5) is 0 Å². The summed E-state index contributed by atoms with van der Waals surface area (Å²) in [5.41, 5.74) is 7.49. The molecule has 0 saturated heterocycles. The lowest BCUT2D eigenvalue weighted by Gasteiger charge is -2.07. The molecule has 108 valence electrons. The van der Waals surface area contributed by atoms with E-state index in [0.29, 0.717) is 6.54 Å². The summed E-state index contributed by atoms with van der Waals surface area (Å²) in [6, 6.07) is 11.9. The molecule has 0 aliphatic heterocycles. The number of nitrogens with one attached hydrogen (secondary N) is 1. The van der Waals surface area contributed by atoms with Crippen LogP contribution in [0.2, 0.25) is 0 Å². The standard InChI is InChI=1S/C14H14N4O2S/c15-7-11-1-3-12(4-2-11)9-18-21(19,20)14-6-5-13(8-16)17-10-14/h1-6,10,18H,7,9,15H2. The van der Waals surface area contributed by atoms with E-state index in [0.717, 1.165) is 11.1 Å². The highest BCUT2D eigenvalue weighted by atomic mass is 32.2. The number of nitriles is 1. The quantitative estimate of drug-likeness (QED) is 0.852. The fourth-order valence-electron chi connectivity index (χ4n) is 1.66. The molecule has 0 unspecified atom stereocenters. The molecule has 21 heavy (non-hydrogen) atoms. The molecule has 7 heteroatoms. The van der Waals surface area contributed by atoms with Crippen LogP contribution in [0.1, 0.15) is 16.8 Å². The fraction of sp³-hybridized carbons (Fsp3) is 0.143. The van der Waals surface area contributed by atoms with Crippen molar-refractivity contribution < 1.29 is 8.42 Å². The van der Waals surface area contributed by atoms with Gasteiger partial charge < -0.3 is 5.73 Å². The molecular weight excluding hydrogens is 288 g/mol. The summed E-state index contributed by atoms with van der Waals surface area (Å²) in [6.45, 7) is 0.621. The van der Waals surface area contributed by atoms with Crippen LogP contribution in [0.25, 0.3) is 0 Å². The maximum absolute atomic E-state index is 12.1. The molecule has 3 N–H and O–H groups in total. The summed E-state index contributed by atoms with van der Waals surface area (Å²) in [5.74, 6) is 0. The van der Waals surface area contributed by atoms with Crippen molar-refractivity contribution in [1.29, 1.82) is 5.26 Å². The Kier molecular flexibility index (Phi) is 4.65. The molecule has 0 spiro atoms. The van der Waals surface area contributed by atoms with Crippen LogP contribution >= 0.6 is 0 Å². The molecule has 0 fully saturated rings. The van der Waals surface area contributed by atoms with Crippen molar-refractivity contribution in [1.82, 2.24) is 9.71 Å². The van der Waals surface area contributed by atoms with E-state index in [1.807, 2.05) is 30.3 Å². The normalized spacial score (nSPS) is 11.0. The third-order valence-corrected chi connectivity index (χ3v) is 4.27. The van der Waals surface area contributed by atoms with Gasteiger partial charge in [0.25, 0.3) is 0 Å². The molecule has 1 aromatic heterocycles. The summed E-state index contributed by atoms with van der Waals surface area (Å²) < 4.78 is 26.6. The van der Waals surface area contributed by atoms with E-state index in [-0.39, 0.29) is 17.1 Å². The smallest absolute Gasteiger partial charge is 0.242 e. The molecule has 0 atom stereocenters. The van der Waals surface area contributed by atoms with E-state index in [4.69, 9.17) is 11.0 Å². The summed E-state index contributed by atoms with van der Waals surface area (Å²) in [7, 11) is -3.65. The van der Waals surface area contributed by atoms with Gasteiger partial charge in [-0.3, -0.25) is 0 Å². The molecule has 0 radical (unpaired) electrons. The van der Waals surface area contributed by atoms with Crippen molar-refractivity contribution in [3.05, 3.63) is 59.4 Å². The number of nitrogens with zero attached hydrogens (tertiary/aromatic N) is 2. The minimum Gasteiger partial charge on any atom is -0.326 e. The van der Waals surface area contributed by atoms with Crippen molar-refractivity contribution in [2.24, 2.45) is 5.73 Å². The number of aromatic nitrogens is 1. The summed E-state index contributed by atoms with van der Waals surface area (Å²) >= 11 is 0. The first-order valence-corrected chi connectivity index (χ1v) is 7.67. The van der Waals surface area contributed by atoms with Crippen molar-refractivity contribution in [3.63, 3.8) is 0 Å². The van der Waals surface area contributed by atoms with Crippen LogP contribution in [-0.2, 0) is 23.1 Å². The zero-order valence-electron chi connectivity index (χ0n) is 11.2. The highest BCUT2D eigenvalue weighted by Gasteiger charge is 2.14. The Hall–Kier alpha value is -2.27. The molecule has 1 heterocycles. The first-order valence-electron chi connectivity index (χ1n) is 6.19. The molecule has 1 aromatic carbocycles. The molecule has 0 aliphatic carbocycles. The van der Waals surface area contributed by atoms with Crippen LogP contribution in [0.15, 0.2) is 47.5 Å². The van der Waals surface area contributed by atoms with E-state index < -0.39 is 10.0 Å². The predicted molar refractivity (Wildman–Crippen MR) is 77.3 cm³/mol. The first kappa shape index (κ1) is 15.1. The fourth-order valence-corrected chi connectivity index (χ4v) is 2.62. The third kappa shape index (κ3) is 3.86. The van der Waals surface area contributed by atoms with Gasteiger partial charge in [0, 0.05) is 19.3 Å². The molecule has 0 bridgehead atoms. The van der Waals surface area contributed by atoms with E-state index >= 15 is 0 Å². The molecule has 2 rings (SSSR count). The second kappa shape index (κ2) is 6.45. The van der Waals surface area contributed by atoms with Gasteiger partial charge in [-0.15, -0.1) is 0 Å². The average molecular weight is 302 g/mol. The molecule has 0 amide bonds. The number of hydrogen-bond acceptors (Lipinski definition) is 5. The van der Waals surface area contributed by atoms with Gasteiger partial charge in [-0.2, -0.15) is 5.26 Å². The van der Waals surface area contributed by atoms with Gasteiger partial charge in [0.15, 0.2) is 0 Å². The summed E-state index contributed by atoms with van der Waals surface area (Å²) in [4.78, 5) is 3.77. The largest absolute Gasteiger partial charge is 0.326 e. The Morgan fingerprint density at radius 1 is 1.14 bits per heavy atom. The number of sulfonamides is 1. The second-order valence-corrected chi connectivity index (χ2v) is 6.10. The van der Waals surface area contributed by atoms with Gasteiger partial charge in [0.05, 0.1) is 0 Å². The zero-order chi connectivity index (χ0) is 15.3. The molecular formula is C14H14N4O2S. The Balaban J connectivity index is 2.08. The monoisotopic (exact) mass is 302 g/mol. The van der Waals surface area contributed by atoms with Gasteiger partial charge in [-0.25, -0.2) is 18.1 Å².